The summed E-state index contributed by atoms with van der Waals surface area (Å²) in [6, 6.07) is 40.1. The number of aromatic carboxylic acids is 1. The van der Waals surface area contributed by atoms with Crippen LogP contribution in [0.1, 0.15) is 21.5 Å². The lowest BCUT2D eigenvalue weighted by molar-refractivity contribution is 0.0697. The number of ether oxygens (including phenoxy) is 3. The third kappa shape index (κ3) is 6.17. The van der Waals surface area contributed by atoms with E-state index in [1.165, 1.54) is 6.07 Å². The minimum absolute atomic E-state index is 0.127. The lowest BCUT2D eigenvalue weighted by atomic mass is 10.1. The normalized spacial score (nSPS) is 10.8. The first-order valence-corrected chi connectivity index (χ1v) is 14.1. The molecule has 0 aliphatic carbocycles. The van der Waals surface area contributed by atoms with Crippen LogP contribution in [0.4, 0.5) is 0 Å². The number of rotatable bonds is 11. The zero-order chi connectivity index (χ0) is 30.3. The van der Waals surface area contributed by atoms with Crippen LogP contribution in [-0.4, -0.2) is 27.7 Å². The van der Waals surface area contributed by atoms with Crippen LogP contribution >= 0.6 is 0 Å². The molecule has 1 heterocycles. The fourth-order valence-corrected chi connectivity index (χ4v) is 4.95. The third-order valence-corrected chi connectivity index (χ3v) is 7.16. The van der Waals surface area contributed by atoms with Crippen molar-refractivity contribution in [3.8, 4) is 45.6 Å². The van der Waals surface area contributed by atoms with Gasteiger partial charge in [0.15, 0.2) is 0 Å². The molecule has 7 heteroatoms. The number of nitrogens with zero attached hydrogens (tertiary/aromatic N) is 2. The van der Waals surface area contributed by atoms with Crippen LogP contribution in [0, 0.1) is 0 Å². The molecule has 0 fully saturated rings. The molecule has 6 aromatic rings. The Balaban J connectivity index is 1.47. The van der Waals surface area contributed by atoms with Gasteiger partial charge in [0.25, 0.3) is 0 Å². The van der Waals surface area contributed by atoms with E-state index in [4.69, 9.17) is 19.2 Å². The van der Waals surface area contributed by atoms with E-state index in [0.29, 0.717) is 47.7 Å². The Morgan fingerprint density at radius 1 is 0.682 bits per heavy atom. The summed E-state index contributed by atoms with van der Waals surface area (Å²) in [6.45, 7) is 0.773. The molecular weight excluding hydrogens is 552 g/mol. The van der Waals surface area contributed by atoms with Gasteiger partial charge in [0.1, 0.15) is 36.3 Å². The summed E-state index contributed by atoms with van der Waals surface area (Å²) in [5.41, 5.74) is 4.91. The Labute approximate surface area is 255 Å². The Kier molecular flexibility index (Phi) is 8.36. The molecule has 0 saturated heterocycles. The summed E-state index contributed by atoms with van der Waals surface area (Å²) in [5, 5.41) is 9.80. The lowest BCUT2D eigenvalue weighted by Gasteiger charge is -2.15. The Hall–Kier alpha value is -5.82. The second kappa shape index (κ2) is 13.0. The van der Waals surface area contributed by atoms with E-state index in [-0.39, 0.29) is 5.56 Å². The van der Waals surface area contributed by atoms with Gasteiger partial charge in [-0.25, -0.2) is 9.78 Å². The van der Waals surface area contributed by atoms with E-state index < -0.39 is 5.97 Å². The van der Waals surface area contributed by atoms with Crippen molar-refractivity contribution < 1.29 is 24.1 Å². The topological polar surface area (TPSA) is 82.8 Å². The standard InChI is InChI=1S/C37H30N2O5/c1-42-35-21-20-28(37(40)41)22-32(35)39-23-31(29-16-8-10-18-33(29)43-24-26-12-4-2-5-13-26)38-36(39)30-17-9-11-19-34(30)44-25-27-14-6-3-7-15-27/h2-23H,24-25H2,1H3,(H,40,41). The van der Waals surface area contributed by atoms with Crippen molar-refractivity contribution in [2.45, 2.75) is 13.2 Å². The van der Waals surface area contributed by atoms with E-state index in [1.54, 1.807) is 19.2 Å². The van der Waals surface area contributed by atoms with Gasteiger partial charge in [-0.05, 0) is 53.6 Å². The van der Waals surface area contributed by atoms with Gasteiger partial charge in [-0.2, -0.15) is 0 Å². The van der Waals surface area contributed by atoms with Gasteiger partial charge in [0.2, 0.25) is 0 Å². The highest BCUT2D eigenvalue weighted by molar-refractivity contribution is 5.89. The Morgan fingerprint density at radius 3 is 1.82 bits per heavy atom. The molecule has 1 aromatic heterocycles. The summed E-state index contributed by atoms with van der Waals surface area (Å²) in [6.07, 6.45) is 1.87. The molecule has 0 atom stereocenters. The van der Waals surface area contributed by atoms with Crippen molar-refractivity contribution in [3.63, 3.8) is 0 Å². The molecule has 0 aliphatic rings. The van der Waals surface area contributed by atoms with Crippen LogP contribution in [0.25, 0.3) is 28.3 Å². The van der Waals surface area contributed by atoms with Gasteiger partial charge in [-0.1, -0.05) is 84.9 Å². The molecule has 0 amide bonds. The maximum Gasteiger partial charge on any atom is 0.335 e. The van der Waals surface area contributed by atoms with Gasteiger partial charge in [0, 0.05) is 11.8 Å². The molecule has 44 heavy (non-hydrogen) atoms. The molecule has 6 rings (SSSR count). The maximum atomic E-state index is 12.0. The minimum Gasteiger partial charge on any atom is -0.495 e. The molecule has 0 spiro atoms. The number of carboxylic acids is 1. The third-order valence-electron chi connectivity index (χ3n) is 7.16. The second-order valence-corrected chi connectivity index (χ2v) is 10.1. The summed E-state index contributed by atoms with van der Waals surface area (Å²) in [4.78, 5) is 17.1. The van der Waals surface area contributed by atoms with Crippen molar-refractivity contribution in [2.75, 3.05) is 7.11 Å². The monoisotopic (exact) mass is 582 g/mol. The molecule has 0 radical (unpaired) electrons. The molecule has 1 N–H and O–H groups in total. The summed E-state index contributed by atoms with van der Waals surface area (Å²) >= 11 is 0. The number of imidazole rings is 1. The molecule has 7 nitrogen and oxygen atoms in total. The first kappa shape index (κ1) is 28.3. The summed E-state index contributed by atoms with van der Waals surface area (Å²) < 4.78 is 20.1. The van der Waals surface area contributed by atoms with Crippen LogP contribution in [-0.2, 0) is 13.2 Å². The van der Waals surface area contributed by atoms with Crippen molar-refractivity contribution >= 4 is 5.97 Å². The number of benzene rings is 5. The smallest absolute Gasteiger partial charge is 0.335 e. The fourth-order valence-electron chi connectivity index (χ4n) is 4.95. The van der Waals surface area contributed by atoms with Crippen molar-refractivity contribution in [1.82, 2.24) is 9.55 Å². The molecular formula is C37H30N2O5. The minimum atomic E-state index is -1.04. The molecule has 0 aliphatic heterocycles. The number of carboxylic acid groups (broad SMARTS) is 1. The molecule has 5 aromatic carbocycles. The maximum absolute atomic E-state index is 12.0. The first-order chi connectivity index (χ1) is 21.6. The van der Waals surface area contributed by atoms with E-state index in [9.17, 15) is 9.90 Å². The SMILES string of the molecule is COc1ccc(C(=O)O)cc1-n1cc(-c2ccccc2OCc2ccccc2)nc1-c1ccccc1OCc1ccccc1. The number of aromatic nitrogens is 2. The van der Waals surface area contributed by atoms with Crippen LogP contribution in [0.3, 0.4) is 0 Å². The van der Waals surface area contributed by atoms with Gasteiger partial charge >= 0.3 is 5.97 Å². The van der Waals surface area contributed by atoms with Gasteiger partial charge in [-0.3, -0.25) is 4.57 Å². The van der Waals surface area contributed by atoms with Crippen LogP contribution in [0.5, 0.6) is 17.2 Å². The average Bonchev–Trinajstić information content (AvgIpc) is 3.52. The predicted molar refractivity (Wildman–Crippen MR) is 169 cm³/mol. The second-order valence-electron chi connectivity index (χ2n) is 10.1. The zero-order valence-electron chi connectivity index (χ0n) is 24.1. The number of carbonyl (C=O) groups is 1. The van der Waals surface area contributed by atoms with E-state index in [1.807, 2.05) is 120 Å². The Morgan fingerprint density at radius 2 is 1.23 bits per heavy atom. The zero-order valence-corrected chi connectivity index (χ0v) is 24.1. The van der Waals surface area contributed by atoms with E-state index in [2.05, 4.69) is 0 Å². The van der Waals surface area contributed by atoms with Gasteiger partial charge in [0.05, 0.1) is 29.6 Å². The number of hydrogen-bond donors (Lipinski definition) is 1. The highest BCUT2D eigenvalue weighted by atomic mass is 16.5. The molecule has 0 unspecified atom stereocenters. The molecule has 0 bridgehead atoms. The highest BCUT2D eigenvalue weighted by Crippen LogP contribution is 2.38. The van der Waals surface area contributed by atoms with E-state index >= 15 is 0 Å². The van der Waals surface area contributed by atoms with Crippen molar-refractivity contribution in [1.29, 1.82) is 0 Å². The first-order valence-electron chi connectivity index (χ1n) is 14.1. The Bertz CT molecular complexity index is 1880. The molecule has 0 saturated carbocycles. The fraction of sp³-hybridized carbons (Fsp3) is 0.0811. The predicted octanol–water partition coefficient (Wildman–Crippen LogP) is 8.07. The summed E-state index contributed by atoms with van der Waals surface area (Å²) in [7, 11) is 1.56. The lowest BCUT2D eigenvalue weighted by Crippen LogP contribution is -2.04. The number of hydrogen-bond acceptors (Lipinski definition) is 5. The van der Waals surface area contributed by atoms with Crippen molar-refractivity contribution in [3.05, 3.63) is 150 Å². The van der Waals surface area contributed by atoms with Crippen molar-refractivity contribution in [2.24, 2.45) is 0 Å². The molecule has 218 valence electrons. The van der Waals surface area contributed by atoms with E-state index in [0.717, 1.165) is 22.3 Å². The van der Waals surface area contributed by atoms with Gasteiger partial charge in [-0.15, -0.1) is 0 Å². The summed E-state index contributed by atoms with van der Waals surface area (Å²) in [5.74, 6) is 1.32. The average molecular weight is 583 g/mol. The van der Waals surface area contributed by atoms with Crippen LogP contribution in [0.15, 0.2) is 134 Å². The highest BCUT2D eigenvalue weighted by Gasteiger charge is 2.21. The number of methoxy groups -OCH3 is 1. The largest absolute Gasteiger partial charge is 0.495 e. The van der Waals surface area contributed by atoms with Crippen LogP contribution in [0.2, 0.25) is 0 Å². The van der Waals surface area contributed by atoms with Gasteiger partial charge < -0.3 is 19.3 Å². The number of para-hydroxylation sites is 2. The quantitative estimate of drug-likeness (QED) is 0.166. The van der Waals surface area contributed by atoms with Crippen LogP contribution < -0.4 is 14.2 Å².